The molecule has 1 saturated heterocycles. The first kappa shape index (κ1) is 15.8. The summed E-state index contributed by atoms with van der Waals surface area (Å²) in [4.78, 5) is 11.3. The molecular formula is C14H16F3NO3. The van der Waals surface area contributed by atoms with Crippen molar-refractivity contribution in [1.29, 1.82) is 0 Å². The van der Waals surface area contributed by atoms with E-state index >= 15 is 0 Å². The first-order valence-corrected chi connectivity index (χ1v) is 6.63. The van der Waals surface area contributed by atoms with Crippen molar-refractivity contribution < 1.29 is 27.8 Å². The largest absolute Gasteiger partial charge is 0.480 e. The Kier molecular flexibility index (Phi) is 4.84. The van der Waals surface area contributed by atoms with Gasteiger partial charge in [-0.25, -0.2) is 0 Å². The van der Waals surface area contributed by atoms with Crippen molar-refractivity contribution in [1.82, 2.24) is 5.32 Å². The van der Waals surface area contributed by atoms with E-state index in [0.717, 1.165) is 25.0 Å². The van der Waals surface area contributed by atoms with Gasteiger partial charge in [0.15, 0.2) is 0 Å². The molecule has 0 aromatic heterocycles. The van der Waals surface area contributed by atoms with Crippen molar-refractivity contribution in [3.8, 4) is 0 Å². The number of carboxylic acid groups (broad SMARTS) is 1. The van der Waals surface area contributed by atoms with Gasteiger partial charge in [-0.15, -0.1) is 0 Å². The summed E-state index contributed by atoms with van der Waals surface area (Å²) in [5, 5.41) is 12.0. The summed E-state index contributed by atoms with van der Waals surface area (Å²) >= 11 is 0. The average Bonchev–Trinajstić information content (AvgIpc) is 2.91. The van der Waals surface area contributed by atoms with E-state index < -0.39 is 23.8 Å². The quantitative estimate of drug-likeness (QED) is 0.878. The summed E-state index contributed by atoms with van der Waals surface area (Å²) in [5.74, 6) is -1.22. The molecule has 1 aromatic carbocycles. The lowest BCUT2D eigenvalue weighted by Gasteiger charge is -2.18. The highest BCUT2D eigenvalue weighted by molar-refractivity contribution is 5.75. The fourth-order valence-electron chi connectivity index (χ4n) is 2.30. The summed E-state index contributed by atoms with van der Waals surface area (Å²) in [7, 11) is 0. The summed E-state index contributed by atoms with van der Waals surface area (Å²) in [6.45, 7) is 0.931. The van der Waals surface area contributed by atoms with Gasteiger partial charge >= 0.3 is 12.1 Å². The van der Waals surface area contributed by atoms with Crippen LogP contribution in [0.2, 0.25) is 0 Å². The van der Waals surface area contributed by atoms with Gasteiger partial charge in [-0.05, 0) is 30.5 Å². The van der Waals surface area contributed by atoms with Crippen LogP contribution in [0.4, 0.5) is 13.2 Å². The zero-order valence-corrected chi connectivity index (χ0v) is 11.2. The predicted molar refractivity (Wildman–Crippen MR) is 68.8 cm³/mol. The average molecular weight is 303 g/mol. The zero-order chi connectivity index (χ0) is 15.5. The van der Waals surface area contributed by atoms with Crippen molar-refractivity contribution in [2.45, 2.75) is 31.2 Å². The fourth-order valence-corrected chi connectivity index (χ4v) is 2.30. The number of hydrogen-bond donors (Lipinski definition) is 2. The molecule has 0 bridgehead atoms. The van der Waals surface area contributed by atoms with Crippen LogP contribution in [-0.4, -0.2) is 30.3 Å². The van der Waals surface area contributed by atoms with E-state index in [1.165, 1.54) is 12.1 Å². The summed E-state index contributed by atoms with van der Waals surface area (Å²) < 4.78 is 43.4. The summed E-state index contributed by atoms with van der Waals surface area (Å²) in [6, 6.07) is 3.18. The Labute approximate surface area is 119 Å². The number of benzene rings is 1. The highest BCUT2D eigenvalue weighted by atomic mass is 19.4. The molecule has 1 aromatic rings. The molecule has 4 nitrogen and oxygen atoms in total. The van der Waals surface area contributed by atoms with Crippen LogP contribution < -0.4 is 5.32 Å². The van der Waals surface area contributed by atoms with Gasteiger partial charge in [0.05, 0.1) is 11.7 Å². The molecule has 2 rings (SSSR count). The van der Waals surface area contributed by atoms with Crippen molar-refractivity contribution in [3.05, 3.63) is 35.4 Å². The van der Waals surface area contributed by atoms with Gasteiger partial charge in [0, 0.05) is 13.2 Å². The lowest BCUT2D eigenvalue weighted by Crippen LogP contribution is -2.34. The number of carbonyl (C=O) groups is 1. The van der Waals surface area contributed by atoms with Gasteiger partial charge in [0.1, 0.15) is 6.04 Å². The molecule has 1 fully saturated rings. The summed E-state index contributed by atoms with van der Waals surface area (Å²) in [5.41, 5.74) is -0.777. The number of nitrogens with one attached hydrogen (secondary N) is 1. The molecule has 2 unspecified atom stereocenters. The van der Waals surface area contributed by atoms with Crippen molar-refractivity contribution in [2.24, 2.45) is 0 Å². The van der Waals surface area contributed by atoms with Crippen LogP contribution >= 0.6 is 0 Å². The van der Waals surface area contributed by atoms with Crippen molar-refractivity contribution in [2.75, 3.05) is 13.2 Å². The Hall–Kier alpha value is -1.60. The Balaban J connectivity index is 2.12. The number of aliphatic carboxylic acids is 1. The smallest absolute Gasteiger partial charge is 0.416 e. The fraction of sp³-hybridized carbons (Fsp3) is 0.500. The molecule has 1 aliphatic heterocycles. The molecule has 0 radical (unpaired) electrons. The maximum atomic E-state index is 12.7. The maximum Gasteiger partial charge on any atom is 0.416 e. The van der Waals surface area contributed by atoms with E-state index in [0.29, 0.717) is 13.2 Å². The SMILES string of the molecule is O=C(O)C(NCC1CCCO1)c1cccc(C(F)(F)F)c1. The molecule has 1 heterocycles. The first-order chi connectivity index (χ1) is 9.88. The first-order valence-electron chi connectivity index (χ1n) is 6.63. The van der Waals surface area contributed by atoms with E-state index in [1.54, 1.807) is 0 Å². The van der Waals surface area contributed by atoms with E-state index in [-0.39, 0.29) is 11.7 Å². The standard InChI is InChI=1S/C14H16F3NO3/c15-14(16,17)10-4-1-3-9(7-10)12(13(19)20)18-8-11-5-2-6-21-11/h1,3-4,7,11-12,18H,2,5-6,8H2,(H,19,20). The second-order valence-corrected chi connectivity index (χ2v) is 4.94. The third-order valence-electron chi connectivity index (χ3n) is 3.37. The van der Waals surface area contributed by atoms with Crippen LogP contribution in [0.1, 0.15) is 30.0 Å². The number of rotatable bonds is 5. The monoisotopic (exact) mass is 303 g/mol. The van der Waals surface area contributed by atoms with E-state index in [9.17, 15) is 23.1 Å². The molecule has 2 atom stereocenters. The third kappa shape index (κ3) is 4.18. The number of ether oxygens (including phenoxy) is 1. The number of alkyl halides is 3. The highest BCUT2D eigenvalue weighted by Crippen LogP contribution is 2.30. The molecule has 116 valence electrons. The topological polar surface area (TPSA) is 58.6 Å². The van der Waals surface area contributed by atoms with Gasteiger partial charge in [0.2, 0.25) is 0 Å². The minimum atomic E-state index is -4.49. The van der Waals surface area contributed by atoms with Gasteiger partial charge in [-0.1, -0.05) is 12.1 Å². The lowest BCUT2D eigenvalue weighted by molar-refractivity contribution is -0.141. The van der Waals surface area contributed by atoms with Crippen LogP contribution in [0.5, 0.6) is 0 Å². The Morgan fingerprint density at radius 1 is 1.48 bits per heavy atom. The maximum absolute atomic E-state index is 12.7. The molecule has 7 heteroatoms. The Morgan fingerprint density at radius 2 is 2.24 bits per heavy atom. The molecule has 0 saturated carbocycles. The van der Waals surface area contributed by atoms with Crippen LogP contribution in [0.3, 0.4) is 0 Å². The van der Waals surface area contributed by atoms with E-state index in [1.807, 2.05) is 0 Å². The minimum absolute atomic E-state index is 0.0790. The molecule has 1 aliphatic rings. The second-order valence-electron chi connectivity index (χ2n) is 4.94. The Bertz CT molecular complexity index is 498. The minimum Gasteiger partial charge on any atom is -0.480 e. The van der Waals surface area contributed by atoms with E-state index in [4.69, 9.17) is 4.74 Å². The molecule has 0 spiro atoms. The third-order valence-corrected chi connectivity index (χ3v) is 3.37. The predicted octanol–water partition coefficient (Wildman–Crippen LogP) is 2.60. The van der Waals surface area contributed by atoms with Gasteiger partial charge in [-0.2, -0.15) is 13.2 Å². The Morgan fingerprint density at radius 3 is 2.81 bits per heavy atom. The molecule has 21 heavy (non-hydrogen) atoms. The summed E-state index contributed by atoms with van der Waals surface area (Å²) in [6.07, 6.45) is -2.85. The molecule has 0 amide bonds. The van der Waals surface area contributed by atoms with E-state index in [2.05, 4.69) is 5.32 Å². The number of halogens is 3. The van der Waals surface area contributed by atoms with Crippen LogP contribution in [0, 0.1) is 0 Å². The highest BCUT2D eigenvalue weighted by Gasteiger charge is 2.32. The van der Waals surface area contributed by atoms with Crippen LogP contribution in [0.15, 0.2) is 24.3 Å². The molecule has 2 N–H and O–H groups in total. The van der Waals surface area contributed by atoms with Crippen molar-refractivity contribution >= 4 is 5.97 Å². The van der Waals surface area contributed by atoms with Gasteiger partial charge in [0.25, 0.3) is 0 Å². The van der Waals surface area contributed by atoms with Crippen LogP contribution in [0.25, 0.3) is 0 Å². The lowest BCUT2D eigenvalue weighted by atomic mass is 10.0. The normalized spacial score (nSPS) is 20.4. The second kappa shape index (κ2) is 6.44. The molecule has 0 aliphatic carbocycles. The number of carboxylic acids is 1. The van der Waals surface area contributed by atoms with Crippen LogP contribution in [-0.2, 0) is 15.7 Å². The van der Waals surface area contributed by atoms with Crippen molar-refractivity contribution in [3.63, 3.8) is 0 Å². The zero-order valence-electron chi connectivity index (χ0n) is 11.2. The molecular weight excluding hydrogens is 287 g/mol. The number of hydrogen-bond acceptors (Lipinski definition) is 3. The van der Waals surface area contributed by atoms with Gasteiger partial charge in [-0.3, -0.25) is 10.1 Å². The van der Waals surface area contributed by atoms with Gasteiger partial charge < -0.3 is 9.84 Å².